The second-order valence-corrected chi connectivity index (χ2v) is 7.51. The predicted octanol–water partition coefficient (Wildman–Crippen LogP) is 3.89. The number of hydrogen-bond donors (Lipinski definition) is 2. The normalized spacial score (nSPS) is 10.9. The molecule has 1 amide bonds. The van der Waals surface area contributed by atoms with Crippen LogP contribution in [0.15, 0.2) is 77.7 Å². The highest BCUT2D eigenvalue weighted by Gasteiger charge is 2.17. The minimum atomic E-state index is -3.89. The Morgan fingerprint density at radius 2 is 1.57 bits per heavy atom. The zero-order valence-corrected chi connectivity index (χ0v) is 15.7. The molecule has 3 aromatic rings. The Kier molecular flexibility index (Phi) is 5.60. The van der Waals surface area contributed by atoms with E-state index in [2.05, 4.69) is 10.0 Å². The molecule has 0 atom stereocenters. The number of benzene rings is 3. The van der Waals surface area contributed by atoms with Gasteiger partial charge in [0.2, 0.25) is 0 Å². The maximum atomic E-state index is 13.0. The van der Waals surface area contributed by atoms with Gasteiger partial charge in [0, 0.05) is 16.9 Å². The topological polar surface area (TPSA) is 84.5 Å². The number of anilines is 2. The summed E-state index contributed by atoms with van der Waals surface area (Å²) in [5, 5.41) is 2.59. The Balaban J connectivity index is 1.78. The van der Waals surface area contributed by atoms with Crippen molar-refractivity contribution in [2.24, 2.45) is 0 Å². The van der Waals surface area contributed by atoms with E-state index in [4.69, 9.17) is 4.74 Å². The van der Waals surface area contributed by atoms with Gasteiger partial charge in [-0.05, 0) is 66.7 Å². The van der Waals surface area contributed by atoms with E-state index in [1.165, 1.54) is 55.6 Å². The summed E-state index contributed by atoms with van der Waals surface area (Å²) in [5.41, 5.74) is 0.917. The van der Waals surface area contributed by atoms with Crippen LogP contribution in [0.1, 0.15) is 10.4 Å². The summed E-state index contributed by atoms with van der Waals surface area (Å²) in [4.78, 5) is 12.3. The van der Waals surface area contributed by atoms with E-state index >= 15 is 0 Å². The quantitative estimate of drug-likeness (QED) is 0.658. The lowest BCUT2D eigenvalue weighted by molar-refractivity contribution is 0.102. The second-order valence-electron chi connectivity index (χ2n) is 5.82. The van der Waals surface area contributed by atoms with E-state index in [0.717, 1.165) is 0 Å². The van der Waals surface area contributed by atoms with Crippen molar-refractivity contribution in [3.8, 4) is 5.75 Å². The lowest BCUT2D eigenvalue weighted by Gasteiger charge is -2.10. The molecule has 0 aliphatic rings. The van der Waals surface area contributed by atoms with Gasteiger partial charge in [-0.15, -0.1) is 0 Å². The molecule has 28 heavy (non-hydrogen) atoms. The standard InChI is InChI=1S/C20H17FN2O4S/c1-27-18-11-9-17(10-12-18)23-28(25,26)19-4-2-3-14(13-19)20(24)22-16-7-5-15(21)6-8-16/h2-13,23H,1H3,(H,22,24). The zero-order valence-electron chi connectivity index (χ0n) is 14.8. The van der Waals surface area contributed by atoms with Crippen molar-refractivity contribution in [1.82, 2.24) is 0 Å². The molecule has 6 nitrogen and oxygen atoms in total. The summed E-state index contributed by atoms with van der Waals surface area (Å²) in [5.74, 6) is -0.328. The SMILES string of the molecule is COc1ccc(NS(=O)(=O)c2cccc(C(=O)Nc3ccc(F)cc3)c2)cc1. The van der Waals surface area contributed by atoms with Crippen LogP contribution in [-0.4, -0.2) is 21.4 Å². The first-order chi connectivity index (χ1) is 13.4. The molecule has 0 aromatic heterocycles. The number of amides is 1. The molecular formula is C20H17FN2O4S. The lowest BCUT2D eigenvalue weighted by Crippen LogP contribution is -2.16. The van der Waals surface area contributed by atoms with Crippen LogP contribution in [-0.2, 0) is 10.0 Å². The van der Waals surface area contributed by atoms with E-state index in [-0.39, 0.29) is 10.5 Å². The van der Waals surface area contributed by atoms with E-state index in [1.54, 1.807) is 24.3 Å². The lowest BCUT2D eigenvalue weighted by atomic mass is 10.2. The molecular weight excluding hydrogens is 383 g/mol. The fourth-order valence-electron chi connectivity index (χ4n) is 2.41. The molecule has 0 fully saturated rings. The first kappa shape index (κ1) is 19.4. The van der Waals surface area contributed by atoms with Crippen molar-refractivity contribution in [3.05, 3.63) is 84.2 Å². The number of carbonyl (C=O) groups excluding carboxylic acids is 1. The zero-order chi connectivity index (χ0) is 20.1. The fraction of sp³-hybridized carbons (Fsp3) is 0.0500. The Bertz CT molecular complexity index is 1080. The van der Waals surface area contributed by atoms with Gasteiger partial charge in [0.25, 0.3) is 15.9 Å². The first-order valence-electron chi connectivity index (χ1n) is 8.21. The highest BCUT2D eigenvalue weighted by molar-refractivity contribution is 7.92. The van der Waals surface area contributed by atoms with E-state index < -0.39 is 21.7 Å². The molecule has 0 spiro atoms. The van der Waals surface area contributed by atoms with Gasteiger partial charge in [-0.3, -0.25) is 9.52 Å². The Morgan fingerprint density at radius 1 is 0.929 bits per heavy atom. The van der Waals surface area contributed by atoms with Crippen LogP contribution in [0.25, 0.3) is 0 Å². The molecule has 0 saturated carbocycles. The molecule has 144 valence electrons. The largest absolute Gasteiger partial charge is 0.497 e. The summed E-state index contributed by atoms with van der Waals surface area (Å²) in [6, 6.07) is 17.3. The average molecular weight is 400 g/mol. The number of sulfonamides is 1. The van der Waals surface area contributed by atoms with Crippen molar-refractivity contribution in [1.29, 1.82) is 0 Å². The molecule has 3 aromatic carbocycles. The fourth-order valence-corrected chi connectivity index (χ4v) is 3.52. The molecule has 0 saturated heterocycles. The van der Waals surface area contributed by atoms with Gasteiger partial charge in [-0.1, -0.05) is 6.07 Å². The smallest absolute Gasteiger partial charge is 0.261 e. The van der Waals surface area contributed by atoms with Crippen molar-refractivity contribution in [2.75, 3.05) is 17.1 Å². The minimum absolute atomic E-state index is 0.0601. The third-order valence-electron chi connectivity index (χ3n) is 3.85. The van der Waals surface area contributed by atoms with Gasteiger partial charge >= 0.3 is 0 Å². The van der Waals surface area contributed by atoms with Crippen LogP contribution in [0.4, 0.5) is 15.8 Å². The van der Waals surface area contributed by atoms with Gasteiger partial charge in [0.05, 0.1) is 12.0 Å². The van der Waals surface area contributed by atoms with E-state index in [1.807, 2.05) is 0 Å². The van der Waals surface area contributed by atoms with E-state index in [9.17, 15) is 17.6 Å². The number of halogens is 1. The summed E-state index contributed by atoms with van der Waals surface area (Å²) >= 11 is 0. The monoisotopic (exact) mass is 400 g/mol. The molecule has 0 heterocycles. The van der Waals surface area contributed by atoms with E-state index in [0.29, 0.717) is 17.1 Å². The van der Waals surface area contributed by atoms with Crippen molar-refractivity contribution >= 4 is 27.3 Å². The van der Waals surface area contributed by atoms with Gasteiger partial charge in [0.15, 0.2) is 0 Å². The molecule has 3 rings (SSSR count). The van der Waals surface area contributed by atoms with Gasteiger partial charge in [-0.2, -0.15) is 0 Å². The summed E-state index contributed by atoms with van der Waals surface area (Å²) in [7, 11) is -2.37. The van der Waals surface area contributed by atoms with Crippen LogP contribution in [0.2, 0.25) is 0 Å². The highest BCUT2D eigenvalue weighted by atomic mass is 32.2. The van der Waals surface area contributed by atoms with Gasteiger partial charge < -0.3 is 10.1 Å². The third-order valence-corrected chi connectivity index (χ3v) is 5.23. The molecule has 0 bridgehead atoms. The third kappa shape index (κ3) is 4.66. The highest BCUT2D eigenvalue weighted by Crippen LogP contribution is 2.20. The number of nitrogens with one attached hydrogen (secondary N) is 2. The second kappa shape index (κ2) is 8.10. The molecule has 8 heteroatoms. The van der Waals surface area contributed by atoms with Crippen molar-refractivity contribution < 1.29 is 22.3 Å². The first-order valence-corrected chi connectivity index (χ1v) is 9.69. The summed E-state index contributed by atoms with van der Waals surface area (Å²) in [6.45, 7) is 0. The Hall–Kier alpha value is -3.39. The van der Waals surface area contributed by atoms with Crippen LogP contribution < -0.4 is 14.8 Å². The molecule has 0 radical (unpaired) electrons. The number of rotatable bonds is 6. The van der Waals surface area contributed by atoms with Crippen LogP contribution in [0.3, 0.4) is 0 Å². The molecule has 0 aliphatic heterocycles. The maximum Gasteiger partial charge on any atom is 0.261 e. The van der Waals surface area contributed by atoms with Crippen molar-refractivity contribution in [3.63, 3.8) is 0 Å². The predicted molar refractivity (Wildman–Crippen MR) is 105 cm³/mol. The molecule has 0 aliphatic carbocycles. The molecule has 0 unspecified atom stereocenters. The summed E-state index contributed by atoms with van der Waals surface area (Å²) < 4.78 is 45.7. The molecule has 2 N–H and O–H groups in total. The minimum Gasteiger partial charge on any atom is -0.497 e. The van der Waals surface area contributed by atoms with Crippen LogP contribution >= 0.6 is 0 Å². The van der Waals surface area contributed by atoms with Crippen LogP contribution in [0, 0.1) is 5.82 Å². The Morgan fingerprint density at radius 3 is 2.21 bits per heavy atom. The number of hydrogen-bond acceptors (Lipinski definition) is 4. The number of ether oxygens (including phenoxy) is 1. The van der Waals surface area contributed by atoms with Crippen molar-refractivity contribution in [2.45, 2.75) is 4.90 Å². The average Bonchev–Trinajstić information content (AvgIpc) is 2.70. The maximum absolute atomic E-state index is 13.0. The number of carbonyl (C=O) groups is 1. The van der Waals surface area contributed by atoms with Crippen LogP contribution in [0.5, 0.6) is 5.75 Å². The summed E-state index contributed by atoms with van der Waals surface area (Å²) in [6.07, 6.45) is 0. The Labute approximate surface area is 162 Å². The van der Waals surface area contributed by atoms with Gasteiger partial charge in [0.1, 0.15) is 11.6 Å². The number of methoxy groups -OCH3 is 1. The van der Waals surface area contributed by atoms with Gasteiger partial charge in [-0.25, -0.2) is 12.8 Å².